The number of carbonyl (C=O) groups is 1. The van der Waals surface area contributed by atoms with E-state index in [0.717, 1.165) is 38.9 Å². The van der Waals surface area contributed by atoms with E-state index < -0.39 is 0 Å². The van der Waals surface area contributed by atoms with Gasteiger partial charge >= 0.3 is 0 Å². The number of amides is 1. The van der Waals surface area contributed by atoms with Crippen LogP contribution in [-0.4, -0.2) is 29.5 Å². The molecule has 0 aromatic carbocycles. The van der Waals surface area contributed by atoms with Crippen LogP contribution in [0.4, 0.5) is 0 Å². The van der Waals surface area contributed by atoms with Crippen molar-refractivity contribution in [1.82, 2.24) is 10.6 Å². The van der Waals surface area contributed by atoms with Gasteiger partial charge in [-0.15, -0.1) is 0 Å². The minimum absolute atomic E-state index is 0.245. The number of halogens is 1. The maximum Gasteiger partial charge on any atom is 0.220 e. The molecule has 3 nitrogen and oxygen atoms in total. The lowest BCUT2D eigenvalue weighted by molar-refractivity contribution is -0.125. The van der Waals surface area contributed by atoms with Crippen LogP contribution in [0.25, 0.3) is 0 Å². The summed E-state index contributed by atoms with van der Waals surface area (Å²) in [6.45, 7) is 3.01. The maximum atomic E-state index is 11.3. The van der Waals surface area contributed by atoms with Gasteiger partial charge in [0.2, 0.25) is 5.91 Å². The first-order chi connectivity index (χ1) is 6.23. The molecule has 2 saturated heterocycles. The van der Waals surface area contributed by atoms with Crippen LogP contribution in [0.1, 0.15) is 19.3 Å². The monoisotopic (exact) mass is 294 g/mol. The molecule has 0 bridgehead atoms. The second kappa shape index (κ2) is 3.73. The third-order valence-corrected chi connectivity index (χ3v) is 5.02. The number of carbonyl (C=O) groups excluding carboxylic acids is 1. The van der Waals surface area contributed by atoms with Gasteiger partial charge in [-0.25, -0.2) is 0 Å². The summed E-state index contributed by atoms with van der Waals surface area (Å²) in [4.78, 5) is 11.3. The topological polar surface area (TPSA) is 41.1 Å². The van der Waals surface area contributed by atoms with E-state index in [1.165, 1.54) is 0 Å². The molecule has 1 atom stereocenters. The molecule has 1 amide bonds. The zero-order valence-corrected chi connectivity index (χ0v) is 9.76. The zero-order chi connectivity index (χ0) is 9.31. The molecule has 0 aromatic rings. The molecular weight excluding hydrogens is 279 g/mol. The molecule has 4 heteroatoms. The second-order valence-electron chi connectivity index (χ2n) is 4.06. The molecule has 2 aliphatic heterocycles. The SMILES string of the molecule is O=C1CC2(CCNCC2)C(I)CN1. The average molecular weight is 294 g/mol. The summed E-state index contributed by atoms with van der Waals surface area (Å²) in [5.74, 6) is 0.245. The molecule has 2 rings (SSSR count). The molecule has 0 saturated carbocycles. The highest BCUT2D eigenvalue weighted by Gasteiger charge is 2.42. The highest BCUT2D eigenvalue weighted by molar-refractivity contribution is 14.1. The smallest absolute Gasteiger partial charge is 0.220 e. The highest BCUT2D eigenvalue weighted by Crippen LogP contribution is 2.41. The van der Waals surface area contributed by atoms with Crippen LogP contribution in [0.3, 0.4) is 0 Å². The van der Waals surface area contributed by atoms with Gasteiger partial charge in [0.25, 0.3) is 0 Å². The predicted octanol–water partition coefficient (Wildman–Crippen LogP) is 0.680. The van der Waals surface area contributed by atoms with E-state index in [0.29, 0.717) is 9.34 Å². The lowest BCUT2D eigenvalue weighted by Gasteiger charge is -2.44. The molecular formula is C9H15IN2O. The Morgan fingerprint density at radius 3 is 2.77 bits per heavy atom. The van der Waals surface area contributed by atoms with E-state index in [-0.39, 0.29) is 5.91 Å². The van der Waals surface area contributed by atoms with Gasteiger partial charge in [-0.1, -0.05) is 22.6 Å². The number of hydrogen-bond acceptors (Lipinski definition) is 2. The average Bonchev–Trinajstić information content (AvgIpc) is 2.14. The lowest BCUT2D eigenvalue weighted by Crippen LogP contribution is -2.53. The fourth-order valence-electron chi connectivity index (χ4n) is 2.33. The first-order valence-corrected chi connectivity index (χ1v) is 6.09. The van der Waals surface area contributed by atoms with Gasteiger partial charge in [-0.3, -0.25) is 4.79 Å². The van der Waals surface area contributed by atoms with Crippen molar-refractivity contribution in [3.63, 3.8) is 0 Å². The molecule has 2 N–H and O–H groups in total. The lowest BCUT2D eigenvalue weighted by atomic mass is 9.72. The summed E-state index contributed by atoms with van der Waals surface area (Å²) in [6, 6.07) is 0. The molecule has 74 valence electrons. The van der Waals surface area contributed by atoms with Gasteiger partial charge in [0, 0.05) is 16.9 Å². The van der Waals surface area contributed by atoms with Crippen molar-refractivity contribution in [2.24, 2.45) is 5.41 Å². The van der Waals surface area contributed by atoms with E-state index in [1.54, 1.807) is 0 Å². The van der Waals surface area contributed by atoms with Gasteiger partial charge in [-0.05, 0) is 31.3 Å². The van der Waals surface area contributed by atoms with E-state index in [4.69, 9.17) is 0 Å². The van der Waals surface area contributed by atoms with Crippen LogP contribution in [0.2, 0.25) is 0 Å². The van der Waals surface area contributed by atoms with E-state index in [9.17, 15) is 4.79 Å². The minimum Gasteiger partial charge on any atom is -0.355 e. The van der Waals surface area contributed by atoms with E-state index >= 15 is 0 Å². The largest absolute Gasteiger partial charge is 0.355 e. The fraction of sp³-hybridized carbons (Fsp3) is 0.889. The third kappa shape index (κ3) is 1.83. The number of nitrogens with one attached hydrogen (secondary N) is 2. The third-order valence-electron chi connectivity index (χ3n) is 3.25. The Morgan fingerprint density at radius 2 is 2.08 bits per heavy atom. The number of hydrogen-bond donors (Lipinski definition) is 2. The van der Waals surface area contributed by atoms with Crippen LogP contribution in [0.5, 0.6) is 0 Å². The van der Waals surface area contributed by atoms with Crippen molar-refractivity contribution in [3.05, 3.63) is 0 Å². The molecule has 1 unspecified atom stereocenters. The van der Waals surface area contributed by atoms with Gasteiger partial charge in [-0.2, -0.15) is 0 Å². The molecule has 1 spiro atoms. The van der Waals surface area contributed by atoms with Crippen molar-refractivity contribution in [2.45, 2.75) is 23.2 Å². The first kappa shape index (κ1) is 9.71. The van der Waals surface area contributed by atoms with Gasteiger partial charge < -0.3 is 10.6 Å². The summed E-state index contributed by atoms with van der Waals surface area (Å²) >= 11 is 2.50. The van der Waals surface area contributed by atoms with Crippen LogP contribution < -0.4 is 10.6 Å². The van der Waals surface area contributed by atoms with E-state index in [2.05, 4.69) is 33.2 Å². The van der Waals surface area contributed by atoms with Crippen molar-refractivity contribution < 1.29 is 4.79 Å². The van der Waals surface area contributed by atoms with Gasteiger partial charge in [0.1, 0.15) is 0 Å². The number of piperidine rings is 2. The molecule has 0 aromatic heterocycles. The van der Waals surface area contributed by atoms with E-state index in [1.807, 2.05) is 0 Å². The van der Waals surface area contributed by atoms with Gasteiger partial charge in [0.05, 0.1) is 0 Å². The molecule has 0 radical (unpaired) electrons. The quantitative estimate of drug-likeness (QED) is 0.509. The predicted molar refractivity (Wildman–Crippen MR) is 60.0 cm³/mol. The van der Waals surface area contributed by atoms with Crippen LogP contribution in [-0.2, 0) is 4.79 Å². The number of rotatable bonds is 0. The summed E-state index contributed by atoms with van der Waals surface area (Å²) in [6.07, 6.45) is 3.06. The molecule has 13 heavy (non-hydrogen) atoms. The number of alkyl halides is 1. The fourth-order valence-corrected chi connectivity index (χ4v) is 3.39. The summed E-state index contributed by atoms with van der Waals surface area (Å²) < 4.78 is 0.616. The summed E-state index contributed by atoms with van der Waals surface area (Å²) in [7, 11) is 0. The highest BCUT2D eigenvalue weighted by atomic mass is 127. The van der Waals surface area contributed by atoms with Crippen LogP contribution in [0, 0.1) is 5.41 Å². The molecule has 2 heterocycles. The molecule has 2 aliphatic rings. The Morgan fingerprint density at radius 1 is 1.38 bits per heavy atom. The summed E-state index contributed by atoms with van der Waals surface area (Å²) in [5.41, 5.74) is 0.300. The molecule has 2 fully saturated rings. The first-order valence-electron chi connectivity index (χ1n) is 4.84. The van der Waals surface area contributed by atoms with Crippen LogP contribution >= 0.6 is 22.6 Å². The Bertz CT molecular complexity index is 214. The Labute approximate surface area is 92.2 Å². The van der Waals surface area contributed by atoms with Gasteiger partial charge in [0.15, 0.2) is 0 Å². The van der Waals surface area contributed by atoms with Crippen molar-refractivity contribution >= 4 is 28.5 Å². The second-order valence-corrected chi connectivity index (χ2v) is 5.56. The summed E-state index contributed by atoms with van der Waals surface area (Å²) in [5, 5.41) is 6.29. The van der Waals surface area contributed by atoms with Crippen LogP contribution in [0.15, 0.2) is 0 Å². The normalized spacial score (nSPS) is 33.0. The maximum absolute atomic E-state index is 11.3. The Kier molecular flexibility index (Phi) is 2.78. The van der Waals surface area contributed by atoms with Crippen molar-refractivity contribution in [2.75, 3.05) is 19.6 Å². The zero-order valence-electron chi connectivity index (χ0n) is 7.61. The molecule has 0 aliphatic carbocycles. The Balaban J connectivity index is 2.11. The van der Waals surface area contributed by atoms with Crippen molar-refractivity contribution in [1.29, 1.82) is 0 Å². The standard InChI is InChI=1S/C9H15IN2O/c10-7-6-12-8(13)5-9(7)1-3-11-4-2-9/h7,11H,1-6H2,(H,12,13). The Hall–Kier alpha value is 0.160. The minimum atomic E-state index is 0.245. The van der Waals surface area contributed by atoms with Crippen molar-refractivity contribution in [3.8, 4) is 0 Å².